The number of nitrogens with one attached hydrogen (secondary N) is 1. The molecule has 3 amide bonds. The number of ether oxygens (including phenoxy) is 1. The molecule has 1 saturated heterocycles. The zero-order valence-electron chi connectivity index (χ0n) is 12.8. The largest absolute Gasteiger partial charge is 0.497 e. The van der Waals surface area contributed by atoms with Crippen molar-refractivity contribution in [2.45, 2.75) is 12.5 Å². The molecule has 7 heteroatoms. The monoisotopic (exact) mass is 307 g/mol. The molecule has 1 aromatic rings. The second-order valence-corrected chi connectivity index (χ2v) is 5.20. The van der Waals surface area contributed by atoms with Crippen LogP contribution in [0.3, 0.4) is 0 Å². The van der Waals surface area contributed by atoms with Crippen LogP contribution in [0.1, 0.15) is 6.42 Å². The van der Waals surface area contributed by atoms with Crippen LogP contribution in [0.15, 0.2) is 24.3 Å². The topological polar surface area (TPSA) is 82.1 Å². The predicted molar refractivity (Wildman–Crippen MR) is 82.0 cm³/mol. The summed E-state index contributed by atoms with van der Waals surface area (Å²) in [4.78, 5) is 27.1. The van der Waals surface area contributed by atoms with Crippen molar-refractivity contribution in [2.75, 3.05) is 38.8 Å². The minimum Gasteiger partial charge on any atom is -0.497 e. The van der Waals surface area contributed by atoms with Gasteiger partial charge in [-0.1, -0.05) is 6.07 Å². The van der Waals surface area contributed by atoms with Crippen molar-refractivity contribution in [3.05, 3.63) is 24.3 Å². The summed E-state index contributed by atoms with van der Waals surface area (Å²) in [5.74, 6) is 0.642. The van der Waals surface area contributed by atoms with E-state index in [9.17, 15) is 9.59 Å². The average Bonchev–Trinajstić information content (AvgIpc) is 2.88. The van der Waals surface area contributed by atoms with Gasteiger partial charge in [0.25, 0.3) is 0 Å². The van der Waals surface area contributed by atoms with Gasteiger partial charge in [0.1, 0.15) is 5.75 Å². The molecule has 1 aromatic carbocycles. The number of benzene rings is 1. The lowest BCUT2D eigenvalue weighted by atomic mass is 10.2. The second kappa shape index (κ2) is 7.13. The maximum atomic E-state index is 12.1. The van der Waals surface area contributed by atoms with Gasteiger partial charge in [-0.05, 0) is 12.1 Å². The van der Waals surface area contributed by atoms with Crippen LogP contribution in [0.5, 0.6) is 5.75 Å². The van der Waals surface area contributed by atoms with Crippen molar-refractivity contribution in [1.29, 1.82) is 0 Å². The Labute approximate surface area is 129 Å². The Morgan fingerprint density at radius 2 is 2.32 bits per heavy atom. The number of aliphatic hydroxyl groups is 1. The molecule has 0 aromatic heterocycles. The van der Waals surface area contributed by atoms with E-state index < -0.39 is 0 Å². The fourth-order valence-corrected chi connectivity index (χ4v) is 2.37. The summed E-state index contributed by atoms with van der Waals surface area (Å²) in [7, 11) is 3.17. The Morgan fingerprint density at radius 3 is 3.00 bits per heavy atom. The number of carbonyl (C=O) groups excluding carboxylic acids is 2. The van der Waals surface area contributed by atoms with E-state index in [1.165, 1.54) is 4.90 Å². The van der Waals surface area contributed by atoms with Gasteiger partial charge < -0.3 is 25.0 Å². The van der Waals surface area contributed by atoms with Gasteiger partial charge in [-0.15, -0.1) is 0 Å². The highest BCUT2D eigenvalue weighted by Crippen LogP contribution is 2.25. The SMILES string of the molecule is COc1cccc(N2CC(NC(=O)N(C)CCO)CC2=O)c1. The molecule has 1 aliphatic rings. The summed E-state index contributed by atoms with van der Waals surface area (Å²) < 4.78 is 5.16. The highest BCUT2D eigenvalue weighted by molar-refractivity contribution is 5.97. The predicted octanol–water partition coefficient (Wildman–Crippen LogP) is 0.434. The van der Waals surface area contributed by atoms with Gasteiger partial charge in [-0.3, -0.25) is 4.79 Å². The number of hydrogen-bond acceptors (Lipinski definition) is 4. The third-order valence-corrected chi connectivity index (χ3v) is 3.60. The number of likely N-dealkylation sites (N-methyl/N-ethyl adjacent to an activating group) is 1. The number of hydrogen-bond donors (Lipinski definition) is 2. The minimum absolute atomic E-state index is 0.0386. The summed E-state index contributed by atoms with van der Waals surface area (Å²) >= 11 is 0. The van der Waals surface area contributed by atoms with Crippen molar-refractivity contribution in [1.82, 2.24) is 10.2 Å². The molecular formula is C15H21N3O4. The summed E-state index contributed by atoms with van der Waals surface area (Å²) in [6.07, 6.45) is 0.260. The molecule has 0 saturated carbocycles. The van der Waals surface area contributed by atoms with Crippen LogP contribution in [-0.4, -0.2) is 61.8 Å². The molecule has 0 spiro atoms. The number of anilines is 1. The van der Waals surface area contributed by atoms with Gasteiger partial charge in [-0.2, -0.15) is 0 Å². The zero-order chi connectivity index (χ0) is 16.1. The molecule has 1 atom stereocenters. The first kappa shape index (κ1) is 16.1. The normalized spacial score (nSPS) is 17.5. The first-order valence-corrected chi connectivity index (χ1v) is 7.12. The number of urea groups is 1. The van der Waals surface area contributed by atoms with Crippen LogP contribution in [-0.2, 0) is 4.79 Å². The zero-order valence-corrected chi connectivity index (χ0v) is 12.8. The quantitative estimate of drug-likeness (QED) is 0.827. The Bertz CT molecular complexity index is 549. The van der Waals surface area contributed by atoms with E-state index in [4.69, 9.17) is 9.84 Å². The minimum atomic E-state index is -0.292. The molecule has 120 valence electrons. The lowest BCUT2D eigenvalue weighted by Crippen LogP contribution is -2.45. The third-order valence-electron chi connectivity index (χ3n) is 3.60. The van der Waals surface area contributed by atoms with E-state index >= 15 is 0 Å². The summed E-state index contributed by atoms with van der Waals surface area (Å²) in [6, 6.07) is 6.73. The summed E-state index contributed by atoms with van der Waals surface area (Å²) in [6.45, 7) is 0.584. The van der Waals surface area contributed by atoms with Crippen LogP contribution in [0.2, 0.25) is 0 Å². The van der Waals surface area contributed by atoms with Crippen molar-refractivity contribution < 1.29 is 19.4 Å². The van der Waals surface area contributed by atoms with Crippen LogP contribution in [0.4, 0.5) is 10.5 Å². The molecule has 0 radical (unpaired) electrons. The van der Waals surface area contributed by atoms with E-state index in [0.717, 1.165) is 5.69 Å². The number of carbonyl (C=O) groups is 2. The summed E-state index contributed by atoms with van der Waals surface area (Å²) in [5.41, 5.74) is 0.754. The lowest BCUT2D eigenvalue weighted by Gasteiger charge is -2.21. The van der Waals surface area contributed by atoms with Crippen LogP contribution < -0.4 is 15.0 Å². The first-order chi connectivity index (χ1) is 10.5. The van der Waals surface area contributed by atoms with Crippen molar-refractivity contribution in [3.8, 4) is 5.75 Å². The molecule has 22 heavy (non-hydrogen) atoms. The van der Waals surface area contributed by atoms with E-state index in [2.05, 4.69) is 5.32 Å². The smallest absolute Gasteiger partial charge is 0.317 e. The van der Waals surface area contributed by atoms with Gasteiger partial charge >= 0.3 is 6.03 Å². The molecule has 1 aliphatic heterocycles. The number of aliphatic hydroxyl groups excluding tert-OH is 1. The Morgan fingerprint density at radius 1 is 1.55 bits per heavy atom. The van der Waals surface area contributed by atoms with Crippen molar-refractivity contribution in [3.63, 3.8) is 0 Å². The highest BCUT2D eigenvalue weighted by atomic mass is 16.5. The van der Waals surface area contributed by atoms with E-state index in [0.29, 0.717) is 12.3 Å². The van der Waals surface area contributed by atoms with Gasteiger partial charge in [0.05, 0.1) is 19.8 Å². The first-order valence-electron chi connectivity index (χ1n) is 7.12. The molecule has 0 bridgehead atoms. The lowest BCUT2D eigenvalue weighted by molar-refractivity contribution is -0.117. The van der Waals surface area contributed by atoms with Crippen molar-refractivity contribution in [2.24, 2.45) is 0 Å². The van der Waals surface area contributed by atoms with Crippen LogP contribution >= 0.6 is 0 Å². The molecular weight excluding hydrogens is 286 g/mol. The molecule has 2 rings (SSSR count). The number of methoxy groups -OCH3 is 1. The number of rotatable bonds is 5. The van der Waals surface area contributed by atoms with E-state index in [1.54, 1.807) is 25.1 Å². The average molecular weight is 307 g/mol. The molecule has 1 fully saturated rings. The van der Waals surface area contributed by atoms with E-state index in [-0.39, 0.29) is 37.6 Å². The Balaban J connectivity index is 2.00. The fraction of sp³-hybridized carbons (Fsp3) is 0.467. The van der Waals surface area contributed by atoms with Gasteiger partial charge in [-0.25, -0.2) is 4.79 Å². The van der Waals surface area contributed by atoms with Gasteiger partial charge in [0.2, 0.25) is 5.91 Å². The maximum Gasteiger partial charge on any atom is 0.317 e. The molecule has 1 heterocycles. The van der Waals surface area contributed by atoms with Crippen LogP contribution in [0, 0.1) is 0 Å². The number of nitrogens with zero attached hydrogens (tertiary/aromatic N) is 2. The van der Waals surface area contributed by atoms with Crippen molar-refractivity contribution >= 4 is 17.6 Å². The standard InChI is InChI=1S/C15H21N3O4/c1-17(6-7-19)15(21)16-11-8-14(20)18(10-11)12-4-3-5-13(9-12)22-2/h3-5,9,11,19H,6-8,10H2,1-2H3,(H,16,21). The summed E-state index contributed by atoms with van der Waals surface area (Å²) in [5, 5.41) is 11.6. The second-order valence-electron chi connectivity index (χ2n) is 5.20. The van der Waals surface area contributed by atoms with Gasteiger partial charge in [0.15, 0.2) is 0 Å². The maximum absolute atomic E-state index is 12.1. The molecule has 2 N–H and O–H groups in total. The molecule has 1 unspecified atom stereocenters. The third kappa shape index (κ3) is 3.67. The highest BCUT2D eigenvalue weighted by Gasteiger charge is 2.32. The fourth-order valence-electron chi connectivity index (χ4n) is 2.37. The molecule has 7 nitrogen and oxygen atoms in total. The number of amides is 3. The Hall–Kier alpha value is -2.28. The van der Waals surface area contributed by atoms with Crippen LogP contribution in [0.25, 0.3) is 0 Å². The van der Waals surface area contributed by atoms with Gasteiger partial charge in [0, 0.05) is 38.3 Å². The molecule has 0 aliphatic carbocycles. The van der Waals surface area contributed by atoms with E-state index in [1.807, 2.05) is 18.2 Å². The Kier molecular flexibility index (Phi) is 5.21.